The average molecular weight is 608 g/mol. The summed E-state index contributed by atoms with van der Waals surface area (Å²) in [5.74, 6) is -1.60. The van der Waals surface area contributed by atoms with E-state index < -0.39 is 23.9 Å². The van der Waals surface area contributed by atoms with Gasteiger partial charge in [-0.1, -0.05) is 48.5 Å². The summed E-state index contributed by atoms with van der Waals surface area (Å²) in [6.45, 7) is 17.4. The van der Waals surface area contributed by atoms with Crippen LogP contribution in [-0.4, -0.2) is 102 Å². The van der Waals surface area contributed by atoms with Crippen LogP contribution in [0.5, 0.6) is 0 Å². The minimum atomic E-state index is -0.831. The molecule has 4 amide bonds. The van der Waals surface area contributed by atoms with Gasteiger partial charge < -0.3 is 46.4 Å². The zero-order chi connectivity index (χ0) is 32.6. The second-order valence-electron chi connectivity index (χ2n) is 8.98. The molecule has 0 aliphatic carbocycles. The molecule has 0 rings (SSSR count). The molecule has 250 valence electrons. The van der Waals surface area contributed by atoms with Crippen molar-refractivity contribution in [3.63, 3.8) is 0 Å². The molecule has 0 radical (unpaired) electrons. The molecule has 2 unspecified atom stereocenters. The summed E-state index contributed by atoms with van der Waals surface area (Å²) in [4.78, 5) is 47.7. The van der Waals surface area contributed by atoms with Crippen molar-refractivity contribution in [2.75, 3.05) is 65.9 Å². The first-order chi connectivity index (χ1) is 20.2. The predicted octanol–water partition coefficient (Wildman–Crippen LogP) is 1.26. The average Bonchev–Trinajstić information content (AvgIpc) is 2.97. The van der Waals surface area contributed by atoms with Gasteiger partial charge in [0.15, 0.2) is 0 Å². The monoisotopic (exact) mass is 607 g/mol. The van der Waals surface area contributed by atoms with Crippen molar-refractivity contribution in [2.24, 2.45) is 17.4 Å². The van der Waals surface area contributed by atoms with Crippen LogP contribution in [0.2, 0.25) is 0 Å². The zero-order valence-electron chi connectivity index (χ0n) is 27.3. The topological polar surface area (TPSA) is 193 Å². The molecule has 0 saturated carbocycles. The normalized spacial score (nSPS) is 11.7. The van der Waals surface area contributed by atoms with Crippen LogP contribution in [0.1, 0.15) is 80.6 Å². The summed E-state index contributed by atoms with van der Waals surface area (Å²) < 4.78 is 21.6. The molecule has 0 aromatic rings. The lowest BCUT2D eigenvalue weighted by atomic mass is 10.0. The summed E-state index contributed by atoms with van der Waals surface area (Å²) >= 11 is 0. The van der Waals surface area contributed by atoms with E-state index >= 15 is 0 Å². The first kappa shape index (κ1) is 44.1. The van der Waals surface area contributed by atoms with E-state index in [1.807, 2.05) is 34.6 Å². The van der Waals surface area contributed by atoms with Crippen molar-refractivity contribution in [3.05, 3.63) is 0 Å². The van der Waals surface area contributed by atoms with Gasteiger partial charge in [-0.2, -0.15) is 0 Å². The van der Waals surface area contributed by atoms with Gasteiger partial charge in [0.25, 0.3) is 0 Å². The number of carbonyl (C=O) groups is 4. The van der Waals surface area contributed by atoms with Crippen LogP contribution in [-0.2, 0) is 38.1 Å². The number of rotatable bonds is 25. The van der Waals surface area contributed by atoms with Crippen molar-refractivity contribution in [1.29, 1.82) is 0 Å². The first-order valence-electron chi connectivity index (χ1n) is 15.4. The fourth-order valence-electron chi connectivity index (χ4n) is 3.15. The number of nitrogens with two attached hydrogens (primary N) is 2. The third kappa shape index (κ3) is 27.8. The number of ether oxygens (including phenoxy) is 4. The molecule has 0 aromatic heterocycles. The number of primary amides is 1. The first-order valence-corrected chi connectivity index (χ1v) is 15.4. The number of hydrogen-bond donors (Lipinski definition) is 5. The molecule has 0 saturated heterocycles. The van der Waals surface area contributed by atoms with E-state index in [0.29, 0.717) is 78.6 Å². The fourth-order valence-corrected chi connectivity index (χ4v) is 3.15. The van der Waals surface area contributed by atoms with Gasteiger partial charge in [-0.25, -0.2) is 0 Å². The number of hydrogen-bond acceptors (Lipinski definition) is 9. The summed E-state index contributed by atoms with van der Waals surface area (Å²) in [6, 6.07) is -1.63. The van der Waals surface area contributed by atoms with E-state index in [0.717, 1.165) is 6.42 Å². The van der Waals surface area contributed by atoms with E-state index in [2.05, 4.69) is 16.0 Å². The maximum Gasteiger partial charge on any atom is 0.243 e. The molecular formula is C29H61N5O8. The lowest BCUT2D eigenvalue weighted by Crippen LogP contribution is -2.54. The highest BCUT2D eigenvalue weighted by atomic mass is 16.6. The Morgan fingerprint density at radius 3 is 1.67 bits per heavy atom. The molecule has 42 heavy (non-hydrogen) atoms. The summed E-state index contributed by atoms with van der Waals surface area (Å²) in [6.07, 6.45) is 2.31. The van der Waals surface area contributed by atoms with Gasteiger partial charge in [-0.3, -0.25) is 19.2 Å². The van der Waals surface area contributed by atoms with Crippen molar-refractivity contribution in [3.8, 4) is 0 Å². The highest BCUT2D eigenvalue weighted by Gasteiger charge is 2.27. The molecule has 0 aliphatic rings. The van der Waals surface area contributed by atoms with Gasteiger partial charge in [-0.15, -0.1) is 0 Å². The highest BCUT2D eigenvalue weighted by Crippen LogP contribution is 2.05. The van der Waals surface area contributed by atoms with Gasteiger partial charge in [0.1, 0.15) is 12.1 Å². The second-order valence-corrected chi connectivity index (χ2v) is 8.98. The SMILES string of the molecule is CC.CC.CCCC(=O)NCCOCCOCCOCCOCCC(=O)NC(C(=O)NC(CCCN)C(N)=O)C(C)C. The third-order valence-corrected chi connectivity index (χ3v) is 5.26. The number of amides is 4. The minimum absolute atomic E-state index is 0.0341. The lowest BCUT2D eigenvalue weighted by molar-refractivity contribution is -0.132. The molecule has 13 nitrogen and oxygen atoms in total. The van der Waals surface area contributed by atoms with Crippen molar-refractivity contribution in [2.45, 2.75) is 92.7 Å². The number of nitrogens with one attached hydrogen (secondary N) is 3. The van der Waals surface area contributed by atoms with Gasteiger partial charge in [0.05, 0.1) is 52.9 Å². The van der Waals surface area contributed by atoms with E-state index in [4.69, 9.17) is 30.4 Å². The molecular weight excluding hydrogens is 546 g/mol. The molecule has 0 spiro atoms. The molecule has 13 heteroatoms. The number of carbonyl (C=O) groups excluding carboxylic acids is 4. The maximum atomic E-state index is 12.6. The zero-order valence-corrected chi connectivity index (χ0v) is 27.3. The Labute approximate surface area is 253 Å². The van der Waals surface area contributed by atoms with Gasteiger partial charge in [0, 0.05) is 19.4 Å². The van der Waals surface area contributed by atoms with Gasteiger partial charge in [0.2, 0.25) is 23.6 Å². The van der Waals surface area contributed by atoms with Crippen LogP contribution in [0.15, 0.2) is 0 Å². The standard InChI is InChI=1S/C25H49N5O8.2C2H6/c1-4-6-21(31)28-10-12-36-14-16-38-18-17-37-15-13-35-11-8-22(32)30-23(19(2)3)25(34)29-20(24(27)33)7-5-9-26;2*1-2/h19-20,23H,4-18,26H2,1-3H3,(H2,27,33)(H,28,31)(H,29,34)(H,30,32);2*1-2H3. The summed E-state index contributed by atoms with van der Waals surface area (Å²) in [5.41, 5.74) is 10.8. The Morgan fingerprint density at radius 2 is 1.21 bits per heavy atom. The fraction of sp³-hybridized carbons (Fsp3) is 0.862. The Balaban J connectivity index is -0.00000363. The highest BCUT2D eigenvalue weighted by molar-refractivity contribution is 5.91. The van der Waals surface area contributed by atoms with Crippen LogP contribution < -0.4 is 27.4 Å². The Kier molecular flexibility index (Phi) is 34.9. The van der Waals surface area contributed by atoms with Gasteiger partial charge >= 0.3 is 0 Å². The summed E-state index contributed by atoms with van der Waals surface area (Å²) in [7, 11) is 0. The Hall–Kier alpha value is -2.32. The molecule has 0 aliphatic heterocycles. The molecule has 2 atom stereocenters. The van der Waals surface area contributed by atoms with E-state index in [9.17, 15) is 19.2 Å². The second kappa shape index (κ2) is 33.2. The van der Waals surface area contributed by atoms with Crippen LogP contribution in [0.25, 0.3) is 0 Å². The Bertz CT molecular complexity index is 668. The van der Waals surface area contributed by atoms with Crippen molar-refractivity contribution in [1.82, 2.24) is 16.0 Å². The van der Waals surface area contributed by atoms with E-state index in [1.54, 1.807) is 13.8 Å². The summed E-state index contributed by atoms with van der Waals surface area (Å²) in [5, 5.41) is 8.06. The lowest BCUT2D eigenvalue weighted by Gasteiger charge is -2.24. The van der Waals surface area contributed by atoms with Crippen molar-refractivity contribution >= 4 is 23.6 Å². The quantitative estimate of drug-likeness (QED) is 0.0950. The molecule has 0 aromatic carbocycles. The van der Waals surface area contributed by atoms with Crippen LogP contribution in [0.3, 0.4) is 0 Å². The Morgan fingerprint density at radius 1 is 0.714 bits per heavy atom. The van der Waals surface area contributed by atoms with Crippen molar-refractivity contribution < 1.29 is 38.1 Å². The molecule has 7 N–H and O–H groups in total. The van der Waals surface area contributed by atoms with Gasteiger partial charge in [-0.05, 0) is 31.7 Å². The largest absolute Gasteiger partial charge is 0.379 e. The minimum Gasteiger partial charge on any atom is -0.379 e. The molecule has 0 heterocycles. The van der Waals surface area contributed by atoms with Crippen LogP contribution in [0, 0.1) is 5.92 Å². The third-order valence-electron chi connectivity index (χ3n) is 5.26. The van der Waals surface area contributed by atoms with Crippen LogP contribution >= 0.6 is 0 Å². The predicted molar refractivity (Wildman–Crippen MR) is 165 cm³/mol. The van der Waals surface area contributed by atoms with Crippen LogP contribution in [0.4, 0.5) is 0 Å². The van der Waals surface area contributed by atoms with E-state index in [1.165, 1.54) is 0 Å². The maximum absolute atomic E-state index is 12.6. The molecule has 0 fully saturated rings. The smallest absolute Gasteiger partial charge is 0.243 e. The van der Waals surface area contributed by atoms with E-state index in [-0.39, 0.29) is 30.8 Å². The molecule has 0 bridgehead atoms.